The van der Waals surface area contributed by atoms with Crippen molar-refractivity contribution in [3.05, 3.63) is 23.7 Å². The second-order valence-electron chi connectivity index (χ2n) is 4.80. The van der Waals surface area contributed by atoms with E-state index in [1.165, 1.54) is 0 Å². The van der Waals surface area contributed by atoms with Gasteiger partial charge in [-0.2, -0.15) is 18.2 Å². The molecule has 1 aliphatic heterocycles. The Labute approximate surface area is 124 Å². The van der Waals surface area contributed by atoms with Crippen molar-refractivity contribution >= 4 is 12.4 Å². The molecule has 2 N–H and O–H groups in total. The van der Waals surface area contributed by atoms with Gasteiger partial charge in [-0.15, -0.1) is 12.4 Å². The number of aromatic amines is 1. The first kappa shape index (κ1) is 15.8. The fourth-order valence-corrected chi connectivity index (χ4v) is 2.26. The Morgan fingerprint density at radius 3 is 2.76 bits per heavy atom. The lowest BCUT2D eigenvalue weighted by Gasteiger charge is -2.18. The first-order valence-electron chi connectivity index (χ1n) is 6.34. The number of aromatic nitrogens is 3. The maximum absolute atomic E-state index is 12.5. The van der Waals surface area contributed by atoms with Gasteiger partial charge in [-0.05, 0) is 25.5 Å². The summed E-state index contributed by atoms with van der Waals surface area (Å²) in [5, 5.41) is 6.97. The Kier molecular flexibility index (Phi) is 4.58. The summed E-state index contributed by atoms with van der Waals surface area (Å²) in [5.41, 5.74) is -0.547. The van der Waals surface area contributed by atoms with Crippen LogP contribution >= 0.6 is 12.4 Å². The number of nitrogens with one attached hydrogen (secondary N) is 2. The highest BCUT2D eigenvalue weighted by molar-refractivity contribution is 5.85. The van der Waals surface area contributed by atoms with E-state index < -0.39 is 11.7 Å². The molecule has 5 nitrogen and oxygen atoms in total. The van der Waals surface area contributed by atoms with Crippen LogP contribution in [0.1, 0.15) is 30.2 Å². The molecule has 3 rings (SSSR count). The Hall–Kier alpha value is -1.54. The highest BCUT2D eigenvalue weighted by atomic mass is 35.5. The Bertz CT molecular complexity index is 589. The first-order chi connectivity index (χ1) is 9.54. The van der Waals surface area contributed by atoms with E-state index >= 15 is 0 Å². The third kappa shape index (κ3) is 3.38. The van der Waals surface area contributed by atoms with Crippen molar-refractivity contribution < 1.29 is 17.7 Å². The van der Waals surface area contributed by atoms with Gasteiger partial charge in [0.25, 0.3) is 0 Å². The van der Waals surface area contributed by atoms with Crippen molar-refractivity contribution in [2.75, 3.05) is 13.1 Å². The van der Waals surface area contributed by atoms with Crippen LogP contribution in [0.25, 0.3) is 11.5 Å². The molecule has 0 unspecified atom stereocenters. The second-order valence-corrected chi connectivity index (χ2v) is 4.80. The summed E-state index contributed by atoms with van der Waals surface area (Å²) in [6, 6.07) is 0.980. The van der Waals surface area contributed by atoms with E-state index in [4.69, 9.17) is 4.52 Å². The molecule has 1 fully saturated rings. The normalized spacial score (nSPS) is 19.3. The van der Waals surface area contributed by atoms with E-state index in [0.29, 0.717) is 5.89 Å². The molecule has 0 radical (unpaired) electrons. The van der Waals surface area contributed by atoms with Gasteiger partial charge in [0.1, 0.15) is 0 Å². The van der Waals surface area contributed by atoms with Gasteiger partial charge in [-0.3, -0.25) is 0 Å². The predicted octanol–water partition coefficient (Wildman–Crippen LogP) is 2.97. The number of halogens is 4. The third-order valence-electron chi connectivity index (χ3n) is 3.34. The number of rotatable bonds is 2. The summed E-state index contributed by atoms with van der Waals surface area (Å²) in [5.74, 6) is 0.749. The van der Waals surface area contributed by atoms with Gasteiger partial charge < -0.3 is 14.8 Å². The molecule has 0 spiro atoms. The van der Waals surface area contributed by atoms with Crippen LogP contribution in [0.3, 0.4) is 0 Å². The summed E-state index contributed by atoms with van der Waals surface area (Å²) in [6.45, 7) is 1.71. The molecule has 0 bridgehead atoms. The number of hydrogen-bond acceptors (Lipinski definition) is 4. The van der Waals surface area contributed by atoms with Crippen LogP contribution in [0.5, 0.6) is 0 Å². The first-order valence-corrected chi connectivity index (χ1v) is 6.34. The molecule has 0 aliphatic carbocycles. The topological polar surface area (TPSA) is 66.7 Å². The van der Waals surface area contributed by atoms with Gasteiger partial charge in [-0.1, -0.05) is 5.16 Å². The molecular weight excluding hydrogens is 309 g/mol. The monoisotopic (exact) mass is 322 g/mol. The minimum absolute atomic E-state index is 0. The van der Waals surface area contributed by atoms with Crippen LogP contribution in [0.2, 0.25) is 0 Å². The molecule has 2 aromatic heterocycles. The van der Waals surface area contributed by atoms with Gasteiger partial charge in [0.15, 0.2) is 0 Å². The summed E-state index contributed by atoms with van der Waals surface area (Å²) >= 11 is 0. The lowest BCUT2D eigenvalue weighted by Crippen LogP contribution is -2.28. The van der Waals surface area contributed by atoms with Gasteiger partial charge >= 0.3 is 6.18 Å². The number of nitrogens with zero attached hydrogens (tertiary/aromatic N) is 2. The zero-order valence-electron chi connectivity index (χ0n) is 10.9. The van der Waals surface area contributed by atoms with Crippen LogP contribution in [0.15, 0.2) is 16.8 Å². The SMILES string of the molecule is Cl.FC(F)(F)c1c[nH]c(-c2noc([C@H]3CCCNC3)n2)c1. The van der Waals surface area contributed by atoms with Crippen molar-refractivity contribution in [3.8, 4) is 11.5 Å². The van der Waals surface area contributed by atoms with Crippen LogP contribution in [-0.4, -0.2) is 28.2 Å². The molecule has 0 amide bonds. The Balaban J connectivity index is 0.00000161. The van der Waals surface area contributed by atoms with Gasteiger partial charge in [0.2, 0.25) is 11.7 Å². The molecule has 0 saturated carbocycles. The molecule has 9 heteroatoms. The molecular formula is C12H14ClF3N4O. The highest BCUT2D eigenvalue weighted by Gasteiger charge is 2.32. The fraction of sp³-hybridized carbons (Fsp3) is 0.500. The van der Waals surface area contributed by atoms with Crippen molar-refractivity contribution in [1.82, 2.24) is 20.4 Å². The highest BCUT2D eigenvalue weighted by Crippen LogP contribution is 2.32. The average Bonchev–Trinajstić information content (AvgIpc) is 3.08. The number of H-pyrrole nitrogens is 1. The van der Waals surface area contributed by atoms with E-state index in [1.54, 1.807) is 0 Å². The van der Waals surface area contributed by atoms with E-state index in [1.807, 2.05) is 0 Å². The maximum Gasteiger partial charge on any atom is 0.417 e. The Morgan fingerprint density at radius 1 is 1.33 bits per heavy atom. The molecule has 3 heterocycles. The maximum atomic E-state index is 12.5. The average molecular weight is 323 g/mol. The molecule has 1 saturated heterocycles. The van der Waals surface area contributed by atoms with Gasteiger partial charge in [-0.25, -0.2) is 0 Å². The summed E-state index contributed by atoms with van der Waals surface area (Å²) in [7, 11) is 0. The minimum Gasteiger partial charge on any atom is -0.358 e. The molecule has 21 heavy (non-hydrogen) atoms. The smallest absolute Gasteiger partial charge is 0.358 e. The van der Waals surface area contributed by atoms with Crippen molar-refractivity contribution in [1.29, 1.82) is 0 Å². The number of hydrogen-bond donors (Lipinski definition) is 2. The van der Waals surface area contributed by atoms with Crippen LogP contribution in [-0.2, 0) is 6.18 Å². The minimum atomic E-state index is -4.38. The summed E-state index contributed by atoms with van der Waals surface area (Å²) in [6.07, 6.45) is -1.53. The van der Waals surface area contributed by atoms with Crippen molar-refractivity contribution in [3.63, 3.8) is 0 Å². The zero-order valence-corrected chi connectivity index (χ0v) is 11.7. The second kappa shape index (κ2) is 6.07. The lowest BCUT2D eigenvalue weighted by atomic mass is 10.00. The van der Waals surface area contributed by atoms with E-state index in [-0.39, 0.29) is 29.8 Å². The van der Waals surface area contributed by atoms with Crippen molar-refractivity contribution in [2.45, 2.75) is 24.9 Å². The van der Waals surface area contributed by atoms with Crippen molar-refractivity contribution in [2.24, 2.45) is 0 Å². The third-order valence-corrected chi connectivity index (χ3v) is 3.34. The van der Waals surface area contributed by atoms with E-state index in [0.717, 1.165) is 38.2 Å². The van der Waals surface area contributed by atoms with Crippen LogP contribution < -0.4 is 5.32 Å². The summed E-state index contributed by atoms with van der Waals surface area (Å²) in [4.78, 5) is 6.71. The molecule has 1 atom stereocenters. The molecule has 116 valence electrons. The predicted molar refractivity (Wildman–Crippen MR) is 71.2 cm³/mol. The molecule has 1 aliphatic rings. The zero-order chi connectivity index (χ0) is 14.2. The number of piperidine rings is 1. The lowest BCUT2D eigenvalue weighted by molar-refractivity contribution is -0.137. The standard InChI is InChI=1S/C12H13F3N4O.ClH/c13-12(14,15)8-4-9(17-6-8)10-18-11(20-19-10)7-2-1-3-16-5-7;/h4,6-7,16-17H,1-3,5H2;1H/t7-;/m0./s1. The quantitative estimate of drug-likeness (QED) is 0.892. The van der Waals surface area contributed by atoms with Crippen LogP contribution in [0, 0.1) is 0 Å². The van der Waals surface area contributed by atoms with E-state index in [9.17, 15) is 13.2 Å². The molecule has 0 aromatic carbocycles. The fourth-order valence-electron chi connectivity index (χ4n) is 2.26. The van der Waals surface area contributed by atoms with Crippen LogP contribution in [0.4, 0.5) is 13.2 Å². The van der Waals surface area contributed by atoms with E-state index in [2.05, 4.69) is 20.4 Å². The largest absolute Gasteiger partial charge is 0.417 e. The molecule has 2 aromatic rings. The summed E-state index contributed by atoms with van der Waals surface area (Å²) < 4.78 is 42.7. The van der Waals surface area contributed by atoms with Gasteiger partial charge in [0, 0.05) is 12.7 Å². The number of alkyl halides is 3. The Morgan fingerprint density at radius 2 is 2.14 bits per heavy atom. The van der Waals surface area contributed by atoms with Gasteiger partial charge in [0.05, 0.1) is 17.2 Å².